The molecule has 0 amide bonds. The van der Waals surface area contributed by atoms with Crippen LogP contribution in [0.2, 0.25) is 0 Å². The van der Waals surface area contributed by atoms with Gasteiger partial charge in [0.15, 0.2) is 0 Å². The summed E-state index contributed by atoms with van der Waals surface area (Å²) in [5.74, 6) is 0.111. The minimum Gasteiger partial charge on any atom is -0.434 e. The van der Waals surface area contributed by atoms with Crippen LogP contribution in [0.4, 0.5) is 10.5 Å². The van der Waals surface area contributed by atoms with Crippen molar-refractivity contribution in [1.29, 1.82) is 5.26 Å². The van der Waals surface area contributed by atoms with E-state index in [1.165, 1.54) is 10.7 Å². The number of anilines is 1. The zero-order valence-electron chi connectivity index (χ0n) is 15.5. The number of hydrogen-bond acceptors (Lipinski definition) is 9. The number of rotatable bonds is 5. The number of hydrogen-bond donors (Lipinski definition) is 3. The van der Waals surface area contributed by atoms with E-state index in [4.69, 9.17) is 19.9 Å². The van der Waals surface area contributed by atoms with E-state index in [1.807, 2.05) is 19.9 Å². The van der Waals surface area contributed by atoms with Gasteiger partial charge in [-0.3, -0.25) is 0 Å². The summed E-state index contributed by atoms with van der Waals surface area (Å²) >= 11 is 0. The van der Waals surface area contributed by atoms with E-state index in [2.05, 4.69) is 5.10 Å². The molecule has 28 heavy (non-hydrogen) atoms. The van der Waals surface area contributed by atoms with Crippen molar-refractivity contribution in [3.8, 4) is 6.07 Å². The fourth-order valence-electron chi connectivity index (χ4n) is 3.00. The van der Waals surface area contributed by atoms with E-state index < -0.39 is 36.7 Å². The van der Waals surface area contributed by atoms with Gasteiger partial charge in [-0.15, -0.1) is 0 Å². The van der Waals surface area contributed by atoms with Gasteiger partial charge in [-0.25, -0.2) is 9.31 Å². The molecular weight excluding hydrogens is 368 g/mol. The highest BCUT2D eigenvalue weighted by Crippen LogP contribution is 2.40. The number of nitriles is 1. The molecule has 1 fully saturated rings. The van der Waals surface area contributed by atoms with Crippen molar-refractivity contribution >= 4 is 17.4 Å². The van der Waals surface area contributed by atoms with Gasteiger partial charge in [-0.1, -0.05) is 13.8 Å². The fraction of sp³-hybridized carbons (Fsp3) is 0.500. The number of nitrogens with zero attached hydrogens (tertiary/aromatic N) is 3. The first kappa shape index (κ1) is 19.9. The van der Waals surface area contributed by atoms with Crippen molar-refractivity contribution in [2.75, 3.05) is 18.9 Å². The van der Waals surface area contributed by atoms with Crippen LogP contribution in [0.15, 0.2) is 24.4 Å². The van der Waals surface area contributed by atoms with E-state index in [9.17, 15) is 20.3 Å². The molecule has 0 spiro atoms. The van der Waals surface area contributed by atoms with Gasteiger partial charge in [0.05, 0.1) is 23.5 Å². The van der Waals surface area contributed by atoms with E-state index >= 15 is 0 Å². The average molecular weight is 390 g/mol. The van der Waals surface area contributed by atoms with Crippen molar-refractivity contribution in [2.45, 2.75) is 37.8 Å². The molecule has 2 aromatic rings. The molecule has 3 rings (SSSR count). The lowest BCUT2D eigenvalue weighted by Gasteiger charge is -2.23. The van der Waals surface area contributed by atoms with Gasteiger partial charge in [-0.05, 0) is 24.1 Å². The molecule has 2 aromatic heterocycles. The number of aliphatic hydroxyl groups excluding tert-OH is 2. The molecule has 3 heterocycles. The first-order chi connectivity index (χ1) is 13.3. The topological polar surface area (TPSA) is 152 Å². The molecular formula is C18H22N4O6. The van der Waals surface area contributed by atoms with Crippen molar-refractivity contribution in [2.24, 2.45) is 5.92 Å². The highest BCUT2D eigenvalue weighted by atomic mass is 16.7. The third kappa shape index (κ3) is 3.47. The summed E-state index contributed by atoms with van der Waals surface area (Å²) in [6.07, 6.45) is -3.65. The predicted octanol–water partition coefficient (Wildman–Crippen LogP) is 0.781. The zero-order valence-corrected chi connectivity index (χ0v) is 15.5. The molecule has 0 aliphatic carbocycles. The van der Waals surface area contributed by atoms with E-state index in [1.54, 1.807) is 18.2 Å². The monoisotopic (exact) mass is 390 g/mol. The molecule has 150 valence electrons. The number of carbonyl (C=O) groups is 1. The van der Waals surface area contributed by atoms with Crippen molar-refractivity contribution in [1.82, 2.24) is 9.61 Å². The molecule has 4 N–H and O–H groups in total. The molecule has 1 saturated heterocycles. The normalized spacial score (nSPS) is 27.1. The van der Waals surface area contributed by atoms with E-state index in [0.717, 1.165) is 0 Å². The van der Waals surface area contributed by atoms with E-state index in [0.29, 0.717) is 16.9 Å². The number of nitrogen functional groups attached to an aromatic ring is 1. The summed E-state index contributed by atoms with van der Waals surface area (Å²) in [5.41, 5.74) is 5.40. The van der Waals surface area contributed by atoms with Crippen LogP contribution in [0, 0.1) is 17.2 Å². The number of aromatic nitrogens is 2. The zero-order chi connectivity index (χ0) is 20.5. The molecule has 4 atom stereocenters. The lowest BCUT2D eigenvalue weighted by Crippen LogP contribution is -2.46. The Morgan fingerprint density at radius 3 is 2.86 bits per heavy atom. The largest absolute Gasteiger partial charge is 0.508 e. The lowest BCUT2D eigenvalue weighted by atomic mass is 9.96. The summed E-state index contributed by atoms with van der Waals surface area (Å²) in [6, 6.07) is 6.75. The Hall–Kier alpha value is -2.87. The van der Waals surface area contributed by atoms with Crippen LogP contribution in [-0.2, 0) is 14.2 Å². The number of aliphatic hydroxyl groups is 2. The Labute approximate surface area is 161 Å². The first-order valence-electron chi connectivity index (χ1n) is 8.76. The van der Waals surface area contributed by atoms with Crippen LogP contribution in [0.3, 0.4) is 0 Å². The molecule has 0 saturated carbocycles. The smallest absolute Gasteiger partial charge is 0.434 e. The molecule has 0 radical (unpaired) electrons. The van der Waals surface area contributed by atoms with Crippen LogP contribution in [0.1, 0.15) is 25.6 Å². The molecule has 1 aliphatic heterocycles. The number of carbonyl (C=O) groups excluding carboxylic acids is 1. The van der Waals surface area contributed by atoms with Gasteiger partial charge < -0.3 is 30.2 Å². The maximum Gasteiger partial charge on any atom is 0.508 e. The van der Waals surface area contributed by atoms with Gasteiger partial charge in [-0.2, -0.15) is 10.4 Å². The van der Waals surface area contributed by atoms with Gasteiger partial charge in [0, 0.05) is 6.20 Å². The van der Waals surface area contributed by atoms with Crippen molar-refractivity contribution in [3.63, 3.8) is 0 Å². The third-order valence-corrected chi connectivity index (χ3v) is 4.49. The Balaban J connectivity index is 1.80. The minimum absolute atomic E-state index is 0.111. The lowest BCUT2D eigenvalue weighted by molar-refractivity contribution is -0.0862. The van der Waals surface area contributed by atoms with Crippen LogP contribution in [0.25, 0.3) is 5.52 Å². The van der Waals surface area contributed by atoms with Crippen molar-refractivity contribution < 1.29 is 29.2 Å². The Morgan fingerprint density at radius 2 is 2.18 bits per heavy atom. The van der Waals surface area contributed by atoms with Crippen LogP contribution >= 0.6 is 0 Å². The second-order valence-electron chi connectivity index (χ2n) is 7.06. The summed E-state index contributed by atoms with van der Waals surface area (Å²) in [5, 5.41) is 34.7. The molecule has 0 bridgehead atoms. The van der Waals surface area contributed by atoms with Crippen LogP contribution in [-0.4, -0.2) is 57.0 Å². The fourth-order valence-corrected chi connectivity index (χ4v) is 3.00. The highest BCUT2D eigenvalue weighted by molar-refractivity contribution is 5.69. The third-order valence-electron chi connectivity index (χ3n) is 4.49. The molecule has 10 nitrogen and oxygen atoms in total. The second kappa shape index (κ2) is 7.63. The number of ether oxygens (including phenoxy) is 3. The average Bonchev–Trinajstić information content (AvgIpc) is 3.20. The van der Waals surface area contributed by atoms with Gasteiger partial charge >= 0.3 is 6.16 Å². The standard InChI is InChI=1S/C18H22N4O6/c1-10(2)7-26-17(25)27-9-18(8-19)16(24)14(23)15(28-18)13-4-3-12-11(20)5-6-21-22(12)13/h3-6,10,14-16,23-24H,7,9,20H2,1-2H3/t14-,15-,16-,18+/m0/s1. The summed E-state index contributed by atoms with van der Waals surface area (Å²) < 4.78 is 17.0. The molecule has 0 unspecified atom stereocenters. The first-order valence-corrected chi connectivity index (χ1v) is 8.76. The Morgan fingerprint density at radius 1 is 1.43 bits per heavy atom. The molecule has 0 aromatic carbocycles. The quantitative estimate of drug-likeness (QED) is 0.629. The summed E-state index contributed by atoms with van der Waals surface area (Å²) in [6.45, 7) is 3.26. The Bertz CT molecular complexity index is 907. The predicted molar refractivity (Wildman–Crippen MR) is 95.9 cm³/mol. The number of nitrogens with two attached hydrogens (primary N) is 1. The minimum atomic E-state index is -1.95. The molecule has 10 heteroatoms. The van der Waals surface area contributed by atoms with Crippen LogP contribution in [0.5, 0.6) is 0 Å². The van der Waals surface area contributed by atoms with Gasteiger partial charge in [0.2, 0.25) is 5.60 Å². The van der Waals surface area contributed by atoms with Gasteiger partial charge in [0.25, 0.3) is 0 Å². The SMILES string of the molecule is CC(C)COC(=O)OC[C@@]1(C#N)O[C@@H](c2ccc3c(N)ccnn23)[C@H](O)[C@@H]1O. The Kier molecular flexibility index (Phi) is 5.42. The highest BCUT2D eigenvalue weighted by Gasteiger charge is 2.57. The van der Waals surface area contributed by atoms with Gasteiger partial charge in [0.1, 0.15) is 31.0 Å². The molecule has 1 aliphatic rings. The number of fused-ring (bicyclic) bond motifs is 1. The maximum atomic E-state index is 11.7. The summed E-state index contributed by atoms with van der Waals surface area (Å²) in [4.78, 5) is 11.7. The van der Waals surface area contributed by atoms with E-state index in [-0.39, 0.29) is 12.5 Å². The van der Waals surface area contributed by atoms with Crippen molar-refractivity contribution in [3.05, 3.63) is 30.1 Å². The summed E-state index contributed by atoms with van der Waals surface area (Å²) in [7, 11) is 0. The van der Waals surface area contributed by atoms with Crippen LogP contribution < -0.4 is 5.73 Å². The maximum absolute atomic E-state index is 11.7. The second-order valence-corrected chi connectivity index (χ2v) is 7.06.